The minimum Gasteiger partial charge on any atom is -0.369 e. The van der Waals surface area contributed by atoms with Gasteiger partial charge in [0, 0.05) is 55.3 Å². The number of rotatable bonds is 5. The average molecular weight is 385 g/mol. The first kappa shape index (κ1) is 18.4. The highest BCUT2D eigenvalue weighted by molar-refractivity contribution is 7.11. The fourth-order valence-electron chi connectivity index (χ4n) is 3.78. The van der Waals surface area contributed by atoms with E-state index in [1.165, 1.54) is 35.5 Å². The number of nitrogens with one attached hydrogen (secondary N) is 1. The van der Waals surface area contributed by atoms with E-state index >= 15 is 0 Å². The smallest absolute Gasteiger partial charge is 0.224 e. The van der Waals surface area contributed by atoms with Crippen molar-refractivity contribution in [2.75, 3.05) is 43.4 Å². The lowest BCUT2D eigenvalue weighted by Gasteiger charge is -2.34. The maximum absolute atomic E-state index is 12.3. The third kappa shape index (κ3) is 4.68. The van der Waals surface area contributed by atoms with Crippen LogP contribution in [0.2, 0.25) is 0 Å². The Morgan fingerprint density at radius 1 is 1.11 bits per heavy atom. The van der Waals surface area contributed by atoms with Gasteiger partial charge in [-0.05, 0) is 57.0 Å². The molecule has 0 saturated carbocycles. The van der Waals surface area contributed by atoms with Crippen LogP contribution in [-0.2, 0) is 24.1 Å². The molecule has 1 aliphatic heterocycles. The molecule has 0 spiro atoms. The van der Waals surface area contributed by atoms with Crippen molar-refractivity contribution in [2.45, 2.75) is 38.5 Å². The zero-order chi connectivity index (χ0) is 18.6. The Morgan fingerprint density at radius 3 is 2.59 bits per heavy atom. The number of aryl methyl sites for hydroxylation is 3. The molecule has 1 fully saturated rings. The Kier molecular flexibility index (Phi) is 5.74. The predicted octanol–water partition coefficient (Wildman–Crippen LogP) is 3.35. The summed E-state index contributed by atoms with van der Waals surface area (Å²) in [5.74, 6) is 0.0653. The normalized spacial score (nSPS) is 17.6. The molecule has 0 radical (unpaired) electrons. The van der Waals surface area contributed by atoms with Crippen molar-refractivity contribution in [3.8, 4) is 0 Å². The van der Waals surface area contributed by atoms with Crippen molar-refractivity contribution < 1.29 is 4.79 Å². The number of nitrogens with zero attached hydrogens (tertiary/aromatic N) is 3. The second-order valence-corrected chi connectivity index (χ2v) is 8.74. The highest BCUT2D eigenvalue weighted by atomic mass is 32.1. The fraction of sp³-hybridized carbons (Fsp3) is 0.524. The van der Waals surface area contributed by atoms with Crippen LogP contribution < -0.4 is 10.2 Å². The summed E-state index contributed by atoms with van der Waals surface area (Å²) in [7, 11) is 2.16. The van der Waals surface area contributed by atoms with Gasteiger partial charge < -0.3 is 15.1 Å². The van der Waals surface area contributed by atoms with E-state index in [1.807, 2.05) is 12.1 Å². The molecular weight excluding hydrogens is 356 g/mol. The second kappa shape index (κ2) is 8.40. The quantitative estimate of drug-likeness (QED) is 0.859. The number of amides is 1. The van der Waals surface area contributed by atoms with Crippen LogP contribution in [0.5, 0.6) is 0 Å². The molecule has 1 amide bonds. The molecule has 2 aromatic rings. The van der Waals surface area contributed by atoms with Gasteiger partial charge in [0.2, 0.25) is 5.91 Å². The van der Waals surface area contributed by atoms with E-state index in [0.717, 1.165) is 49.7 Å². The number of aromatic nitrogens is 1. The summed E-state index contributed by atoms with van der Waals surface area (Å²) in [4.78, 5) is 23.2. The second-order valence-electron chi connectivity index (χ2n) is 7.57. The number of carbonyl (C=O) groups excluding carboxylic acids is 1. The Labute approximate surface area is 165 Å². The number of anilines is 2. The van der Waals surface area contributed by atoms with E-state index in [-0.39, 0.29) is 5.91 Å². The van der Waals surface area contributed by atoms with E-state index in [0.29, 0.717) is 6.42 Å². The molecule has 144 valence electrons. The Balaban J connectivity index is 1.27. The molecular formula is C21H28N4OS. The van der Waals surface area contributed by atoms with E-state index in [2.05, 4.69) is 34.3 Å². The topological polar surface area (TPSA) is 48.5 Å². The van der Waals surface area contributed by atoms with Crippen molar-refractivity contribution in [3.05, 3.63) is 39.8 Å². The number of thiazole rings is 1. The molecule has 1 N–H and O–H groups in total. The van der Waals surface area contributed by atoms with Gasteiger partial charge in [-0.3, -0.25) is 4.79 Å². The van der Waals surface area contributed by atoms with Crippen molar-refractivity contribution in [3.63, 3.8) is 0 Å². The van der Waals surface area contributed by atoms with Crippen LogP contribution in [0.4, 0.5) is 11.4 Å². The van der Waals surface area contributed by atoms with Gasteiger partial charge in [-0.1, -0.05) is 0 Å². The summed E-state index contributed by atoms with van der Waals surface area (Å²) >= 11 is 1.80. The molecule has 1 aromatic heterocycles. The van der Waals surface area contributed by atoms with Gasteiger partial charge in [0.1, 0.15) is 0 Å². The maximum atomic E-state index is 12.3. The summed E-state index contributed by atoms with van der Waals surface area (Å²) in [6.07, 6.45) is 6.03. The molecule has 1 aromatic carbocycles. The standard InChI is InChI=1S/C21H28N4OS/c1-24-12-14-25(15-13-24)17-8-6-16(7-9-17)22-20(26)10-11-21-23-18-4-2-3-5-19(18)27-21/h6-9H,2-5,10-15H2,1H3,(H,22,26). The van der Waals surface area contributed by atoms with Crippen LogP contribution in [0.1, 0.15) is 34.8 Å². The van der Waals surface area contributed by atoms with E-state index in [9.17, 15) is 4.79 Å². The van der Waals surface area contributed by atoms with Gasteiger partial charge in [0.25, 0.3) is 0 Å². The first-order valence-electron chi connectivity index (χ1n) is 9.98. The van der Waals surface area contributed by atoms with Gasteiger partial charge in [-0.15, -0.1) is 11.3 Å². The summed E-state index contributed by atoms with van der Waals surface area (Å²) in [6, 6.07) is 8.23. The van der Waals surface area contributed by atoms with Crippen LogP contribution in [0.25, 0.3) is 0 Å². The molecule has 27 heavy (non-hydrogen) atoms. The van der Waals surface area contributed by atoms with Crippen LogP contribution in [0.3, 0.4) is 0 Å². The average Bonchev–Trinajstić information content (AvgIpc) is 3.11. The highest BCUT2D eigenvalue weighted by Crippen LogP contribution is 2.27. The Bertz CT molecular complexity index is 754. The third-order valence-corrected chi connectivity index (χ3v) is 6.69. The molecule has 6 heteroatoms. The lowest BCUT2D eigenvalue weighted by molar-refractivity contribution is -0.116. The van der Waals surface area contributed by atoms with Gasteiger partial charge in [0.15, 0.2) is 0 Å². The minimum atomic E-state index is 0.0653. The molecule has 2 aliphatic rings. The third-order valence-electron chi connectivity index (χ3n) is 5.48. The summed E-state index contributed by atoms with van der Waals surface area (Å²) in [5.41, 5.74) is 3.38. The number of benzene rings is 1. The van der Waals surface area contributed by atoms with E-state index in [1.54, 1.807) is 11.3 Å². The summed E-state index contributed by atoms with van der Waals surface area (Å²) in [5, 5.41) is 4.14. The first-order chi connectivity index (χ1) is 13.2. The van der Waals surface area contributed by atoms with E-state index < -0.39 is 0 Å². The molecule has 1 aliphatic carbocycles. The van der Waals surface area contributed by atoms with Gasteiger partial charge >= 0.3 is 0 Å². The van der Waals surface area contributed by atoms with Crippen molar-refractivity contribution in [1.82, 2.24) is 9.88 Å². The monoisotopic (exact) mass is 384 g/mol. The zero-order valence-corrected chi connectivity index (χ0v) is 16.9. The molecule has 5 nitrogen and oxygen atoms in total. The molecule has 0 atom stereocenters. The van der Waals surface area contributed by atoms with Crippen LogP contribution >= 0.6 is 11.3 Å². The molecule has 0 unspecified atom stereocenters. The van der Waals surface area contributed by atoms with Crippen molar-refractivity contribution in [2.24, 2.45) is 0 Å². The van der Waals surface area contributed by atoms with Crippen LogP contribution in [0, 0.1) is 0 Å². The minimum absolute atomic E-state index is 0.0653. The van der Waals surface area contributed by atoms with E-state index in [4.69, 9.17) is 4.98 Å². The number of fused-ring (bicyclic) bond motifs is 1. The zero-order valence-electron chi connectivity index (χ0n) is 16.0. The van der Waals surface area contributed by atoms with Crippen LogP contribution in [-0.4, -0.2) is 49.0 Å². The molecule has 0 bridgehead atoms. The number of carbonyl (C=O) groups is 1. The predicted molar refractivity (Wildman–Crippen MR) is 112 cm³/mol. The SMILES string of the molecule is CN1CCN(c2ccc(NC(=O)CCc3nc4c(s3)CCCC4)cc2)CC1. The maximum Gasteiger partial charge on any atom is 0.224 e. The largest absolute Gasteiger partial charge is 0.369 e. The molecule has 4 rings (SSSR count). The molecule has 1 saturated heterocycles. The Morgan fingerprint density at radius 2 is 1.85 bits per heavy atom. The fourth-order valence-corrected chi connectivity index (χ4v) is 4.93. The van der Waals surface area contributed by atoms with Gasteiger partial charge in [-0.2, -0.15) is 0 Å². The van der Waals surface area contributed by atoms with Crippen molar-refractivity contribution in [1.29, 1.82) is 0 Å². The highest BCUT2D eigenvalue weighted by Gasteiger charge is 2.16. The lowest BCUT2D eigenvalue weighted by atomic mass is 10.0. The lowest BCUT2D eigenvalue weighted by Crippen LogP contribution is -2.44. The van der Waals surface area contributed by atoms with Gasteiger partial charge in [-0.25, -0.2) is 4.98 Å². The number of hydrogen-bond acceptors (Lipinski definition) is 5. The first-order valence-corrected chi connectivity index (χ1v) is 10.8. The number of likely N-dealkylation sites (N-methyl/N-ethyl adjacent to an activating group) is 1. The summed E-state index contributed by atoms with van der Waals surface area (Å²) in [6.45, 7) is 4.30. The summed E-state index contributed by atoms with van der Waals surface area (Å²) < 4.78 is 0. The van der Waals surface area contributed by atoms with Crippen molar-refractivity contribution >= 4 is 28.6 Å². The van der Waals surface area contributed by atoms with Crippen LogP contribution in [0.15, 0.2) is 24.3 Å². The number of hydrogen-bond donors (Lipinski definition) is 1. The Hall–Kier alpha value is -1.92. The number of piperazine rings is 1. The molecule has 2 heterocycles. The van der Waals surface area contributed by atoms with Gasteiger partial charge in [0.05, 0.1) is 10.7 Å².